The van der Waals surface area contributed by atoms with E-state index in [1.54, 1.807) is 13.1 Å². The number of carbonyl (C=O) groups excluding carboxylic acids is 1. The predicted octanol–water partition coefficient (Wildman–Crippen LogP) is 2.86. The molecule has 0 radical (unpaired) electrons. The first-order valence-electron chi connectivity index (χ1n) is 7.84. The maximum Gasteiger partial charge on any atom is 0.205 e. The average Bonchev–Trinajstić information content (AvgIpc) is 3.19. The van der Waals surface area contributed by atoms with Crippen molar-refractivity contribution in [1.82, 2.24) is 0 Å². The Bertz CT molecular complexity index is 853. The fourth-order valence-corrected chi connectivity index (χ4v) is 3.98. The van der Waals surface area contributed by atoms with Crippen LogP contribution in [-0.4, -0.2) is 42.1 Å². The van der Waals surface area contributed by atoms with E-state index in [1.807, 2.05) is 40.8 Å². The van der Waals surface area contributed by atoms with Crippen molar-refractivity contribution in [2.75, 3.05) is 18.5 Å². The van der Waals surface area contributed by atoms with Crippen LogP contribution in [0.4, 0.5) is 10.7 Å². The van der Waals surface area contributed by atoms with E-state index in [9.17, 15) is 9.90 Å². The number of Topliss-reactive ketones (excluding diaryl/α,β-unsaturated/α-hetero) is 1. The Hall–Kier alpha value is -2.31. The highest BCUT2D eigenvalue weighted by molar-refractivity contribution is 7.14. The molecule has 1 saturated heterocycles. The summed E-state index contributed by atoms with van der Waals surface area (Å²) >= 11 is 1.42. The van der Waals surface area contributed by atoms with Crippen molar-refractivity contribution in [2.24, 2.45) is 9.98 Å². The van der Waals surface area contributed by atoms with E-state index in [0.717, 1.165) is 12.1 Å². The van der Waals surface area contributed by atoms with Gasteiger partial charge in [-0.15, -0.1) is 11.3 Å². The molecule has 2 aliphatic heterocycles. The van der Waals surface area contributed by atoms with Gasteiger partial charge >= 0.3 is 0 Å². The first kappa shape index (κ1) is 15.2. The molecular weight excluding hydrogens is 322 g/mol. The third kappa shape index (κ3) is 2.22. The van der Waals surface area contributed by atoms with Crippen LogP contribution < -0.4 is 4.90 Å². The van der Waals surface area contributed by atoms with Crippen LogP contribution in [0.15, 0.2) is 45.7 Å². The number of ketones is 1. The summed E-state index contributed by atoms with van der Waals surface area (Å²) in [7, 11) is 1.76. The number of amidine groups is 1. The summed E-state index contributed by atoms with van der Waals surface area (Å²) in [4.78, 5) is 23.2. The van der Waals surface area contributed by atoms with E-state index in [0.29, 0.717) is 29.4 Å². The Morgan fingerprint density at radius 2 is 2.17 bits per heavy atom. The zero-order valence-electron chi connectivity index (χ0n) is 13.3. The van der Waals surface area contributed by atoms with Gasteiger partial charge in [-0.1, -0.05) is 12.1 Å². The second-order valence-corrected chi connectivity index (χ2v) is 6.87. The number of hydrogen-bond acceptors (Lipinski definition) is 6. The molecule has 0 amide bonds. The summed E-state index contributed by atoms with van der Waals surface area (Å²) in [5.74, 6) is 0.215. The third-order valence-electron chi connectivity index (χ3n) is 4.55. The van der Waals surface area contributed by atoms with Gasteiger partial charge < -0.3 is 15.0 Å². The number of aliphatic imine (C=N–C) groups is 2. The summed E-state index contributed by atoms with van der Waals surface area (Å²) in [5, 5.41) is 13.4. The summed E-state index contributed by atoms with van der Waals surface area (Å²) in [5.41, 5.74) is 1.14. The first-order chi connectivity index (χ1) is 11.6. The molecule has 24 heavy (non-hydrogen) atoms. The van der Waals surface area contributed by atoms with Crippen LogP contribution in [0.2, 0.25) is 0 Å². The topological polar surface area (TPSA) is 65.3 Å². The molecule has 0 saturated carbocycles. The van der Waals surface area contributed by atoms with Crippen molar-refractivity contribution in [3.8, 4) is 0 Å². The molecule has 1 unspecified atom stereocenters. The Kier molecular flexibility index (Phi) is 3.58. The van der Waals surface area contributed by atoms with Gasteiger partial charge in [0.2, 0.25) is 5.78 Å². The van der Waals surface area contributed by atoms with E-state index in [-0.39, 0.29) is 5.78 Å². The standard InChI is InChI=1S/C18H17N3O2S/c1-19-9-6-12-2-4-13(5-3-12)21-10-8-18(23)15(22)14-7-11-24-16(14)20-17(18)21/h2-5,7,9,11,23H,6,8,10H2,1H3/b19-9+. The lowest BCUT2D eigenvalue weighted by molar-refractivity contribution is 0.0603. The van der Waals surface area contributed by atoms with Crippen molar-refractivity contribution in [2.45, 2.75) is 18.4 Å². The van der Waals surface area contributed by atoms with E-state index < -0.39 is 5.60 Å². The number of rotatable bonds is 3. The Balaban J connectivity index is 1.70. The highest BCUT2D eigenvalue weighted by atomic mass is 32.1. The molecule has 2 aliphatic rings. The number of aliphatic hydroxyl groups is 1. The number of carbonyl (C=O) groups is 1. The van der Waals surface area contributed by atoms with Crippen LogP contribution in [0.1, 0.15) is 22.3 Å². The monoisotopic (exact) mass is 339 g/mol. The van der Waals surface area contributed by atoms with Crippen molar-refractivity contribution in [1.29, 1.82) is 0 Å². The molecule has 3 heterocycles. The second kappa shape index (κ2) is 5.65. The van der Waals surface area contributed by atoms with Crippen molar-refractivity contribution in [3.63, 3.8) is 0 Å². The molecule has 1 N–H and O–H groups in total. The van der Waals surface area contributed by atoms with E-state index in [4.69, 9.17) is 0 Å². The molecule has 1 aromatic heterocycles. The molecule has 1 aromatic carbocycles. The SMILES string of the molecule is C/N=C/Cc1ccc(N2CCC3(O)C(=O)c4ccsc4N=C23)cc1. The molecule has 0 bridgehead atoms. The van der Waals surface area contributed by atoms with Crippen LogP contribution in [0, 0.1) is 0 Å². The van der Waals surface area contributed by atoms with Crippen molar-refractivity contribution < 1.29 is 9.90 Å². The molecule has 122 valence electrons. The lowest BCUT2D eigenvalue weighted by Gasteiger charge is -2.28. The number of benzene rings is 1. The lowest BCUT2D eigenvalue weighted by atomic mass is 9.90. The van der Waals surface area contributed by atoms with Gasteiger partial charge in [0.1, 0.15) is 5.00 Å². The number of hydrogen-bond donors (Lipinski definition) is 1. The molecule has 1 atom stereocenters. The summed E-state index contributed by atoms with van der Waals surface area (Å²) in [6.07, 6.45) is 3.02. The molecule has 2 aromatic rings. The van der Waals surface area contributed by atoms with Crippen LogP contribution in [-0.2, 0) is 6.42 Å². The van der Waals surface area contributed by atoms with Gasteiger partial charge in [0.25, 0.3) is 0 Å². The number of thiophene rings is 1. The number of nitrogens with zero attached hydrogens (tertiary/aromatic N) is 3. The van der Waals surface area contributed by atoms with Gasteiger partial charge in [-0.05, 0) is 29.1 Å². The average molecular weight is 339 g/mol. The van der Waals surface area contributed by atoms with Crippen LogP contribution >= 0.6 is 11.3 Å². The quantitative estimate of drug-likeness (QED) is 0.875. The molecule has 6 heteroatoms. The van der Waals surface area contributed by atoms with Crippen LogP contribution in [0.5, 0.6) is 0 Å². The van der Waals surface area contributed by atoms with E-state index in [2.05, 4.69) is 9.98 Å². The van der Waals surface area contributed by atoms with Gasteiger partial charge in [-0.2, -0.15) is 0 Å². The molecule has 0 spiro atoms. The van der Waals surface area contributed by atoms with Crippen LogP contribution in [0.3, 0.4) is 0 Å². The first-order valence-corrected chi connectivity index (χ1v) is 8.72. The predicted molar refractivity (Wildman–Crippen MR) is 97.2 cm³/mol. The minimum absolute atomic E-state index is 0.234. The molecule has 4 rings (SSSR count). The highest BCUT2D eigenvalue weighted by Gasteiger charge is 2.52. The zero-order valence-corrected chi connectivity index (χ0v) is 14.1. The maximum absolute atomic E-state index is 12.7. The van der Waals surface area contributed by atoms with E-state index in [1.165, 1.54) is 16.9 Å². The Morgan fingerprint density at radius 1 is 1.38 bits per heavy atom. The number of anilines is 1. The maximum atomic E-state index is 12.7. The fraction of sp³-hybridized carbons (Fsp3) is 0.278. The number of fused-ring (bicyclic) bond motifs is 2. The van der Waals surface area contributed by atoms with Crippen molar-refractivity contribution >= 4 is 39.9 Å². The van der Waals surface area contributed by atoms with Gasteiger partial charge in [-0.25, -0.2) is 4.99 Å². The Labute approximate surface area is 144 Å². The van der Waals surface area contributed by atoms with Crippen molar-refractivity contribution in [3.05, 3.63) is 46.8 Å². The fourth-order valence-electron chi connectivity index (χ4n) is 3.22. The molecule has 5 nitrogen and oxygen atoms in total. The highest BCUT2D eigenvalue weighted by Crippen LogP contribution is 2.41. The summed E-state index contributed by atoms with van der Waals surface area (Å²) in [6.45, 7) is 0.575. The van der Waals surface area contributed by atoms with Gasteiger partial charge in [0, 0.05) is 38.3 Å². The normalized spacial score (nSPS) is 22.7. The second-order valence-electron chi connectivity index (χ2n) is 5.98. The Morgan fingerprint density at radius 3 is 2.92 bits per heavy atom. The molecule has 1 fully saturated rings. The third-order valence-corrected chi connectivity index (χ3v) is 5.36. The van der Waals surface area contributed by atoms with E-state index >= 15 is 0 Å². The summed E-state index contributed by atoms with van der Waals surface area (Å²) in [6, 6.07) is 9.82. The summed E-state index contributed by atoms with van der Waals surface area (Å²) < 4.78 is 0. The van der Waals surface area contributed by atoms with Crippen LogP contribution in [0.25, 0.3) is 0 Å². The molecule has 0 aliphatic carbocycles. The zero-order chi connectivity index (χ0) is 16.7. The minimum Gasteiger partial charge on any atom is -0.374 e. The van der Waals surface area contributed by atoms with Gasteiger partial charge in [0.15, 0.2) is 11.4 Å². The molecular formula is C18H17N3O2S. The van der Waals surface area contributed by atoms with Gasteiger partial charge in [-0.3, -0.25) is 4.79 Å². The largest absolute Gasteiger partial charge is 0.374 e. The smallest absolute Gasteiger partial charge is 0.205 e. The minimum atomic E-state index is -1.50. The lowest BCUT2D eigenvalue weighted by Crippen LogP contribution is -2.48. The van der Waals surface area contributed by atoms with Gasteiger partial charge in [0.05, 0.1) is 5.56 Å².